The van der Waals surface area contributed by atoms with Gasteiger partial charge in [0.05, 0.1) is 6.10 Å². The molecular weight excluding hydrogens is 496 g/mol. The Balaban J connectivity index is 1.26. The van der Waals surface area contributed by atoms with E-state index in [9.17, 15) is 9.59 Å². The Morgan fingerprint density at radius 1 is 0.971 bits per heavy atom. The van der Waals surface area contributed by atoms with Crippen LogP contribution in [0.4, 0.5) is 16.2 Å². The molecule has 180 valence electrons. The molecule has 2 aromatic rings. The Morgan fingerprint density at radius 3 is 2.38 bits per heavy atom. The van der Waals surface area contributed by atoms with Gasteiger partial charge >= 0.3 is 6.03 Å². The van der Waals surface area contributed by atoms with Gasteiger partial charge in [-0.3, -0.25) is 9.69 Å². The lowest BCUT2D eigenvalue weighted by atomic mass is 10.0. The zero-order valence-corrected chi connectivity index (χ0v) is 21.0. The van der Waals surface area contributed by atoms with E-state index in [4.69, 9.17) is 4.74 Å². The highest BCUT2D eigenvalue weighted by molar-refractivity contribution is 9.10. The number of carbonyl (C=O) groups is 2. The minimum atomic E-state index is -0.593. The van der Waals surface area contributed by atoms with Crippen LogP contribution in [-0.4, -0.2) is 66.7 Å². The van der Waals surface area contributed by atoms with E-state index in [2.05, 4.69) is 43.6 Å². The smallest absolute Gasteiger partial charge is 0.322 e. The Morgan fingerprint density at radius 2 is 1.68 bits per heavy atom. The minimum absolute atomic E-state index is 0.174. The number of hydrogen-bond acceptors (Lipinski definition) is 4. The van der Waals surface area contributed by atoms with Gasteiger partial charge < -0.3 is 20.3 Å². The second kappa shape index (κ2) is 10.1. The second-order valence-electron chi connectivity index (χ2n) is 9.44. The first-order valence-electron chi connectivity index (χ1n) is 12.0. The van der Waals surface area contributed by atoms with E-state index in [0.29, 0.717) is 18.7 Å². The molecule has 2 N–H and O–H groups in total. The number of anilines is 2. The number of carbonyl (C=O) groups excluding carboxylic acids is 2. The van der Waals surface area contributed by atoms with Crippen molar-refractivity contribution >= 4 is 39.2 Å². The molecule has 2 fully saturated rings. The summed E-state index contributed by atoms with van der Waals surface area (Å²) in [6.45, 7) is 2.57. The summed E-state index contributed by atoms with van der Waals surface area (Å²) < 4.78 is 6.43. The number of methoxy groups -OCH3 is 1. The van der Waals surface area contributed by atoms with Crippen LogP contribution >= 0.6 is 15.9 Å². The summed E-state index contributed by atoms with van der Waals surface area (Å²) in [5.74, 6) is -0.182. The fraction of sp³-hybridized carbons (Fsp3) is 0.462. The van der Waals surface area contributed by atoms with E-state index in [-0.39, 0.29) is 18.0 Å². The minimum Gasteiger partial charge on any atom is -0.380 e. The van der Waals surface area contributed by atoms with Gasteiger partial charge in [-0.2, -0.15) is 0 Å². The van der Waals surface area contributed by atoms with Gasteiger partial charge in [0.1, 0.15) is 6.04 Å². The molecule has 3 amide bonds. The molecule has 1 aliphatic carbocycles. The summed E-state index contributed by atoms with van der Waals surface area (Å²) in [5.41, 5.74) is 4.15. The van der Waals surface area contributed by atoms with Crippen LogP contribution in [0.2, 0.25) is 0 Å². The lowest BCUT2D eigenvalue weighted by Gasteiger charge is -2.24. The molecule has 0 radical (unpaired) electrons. The van der Waals surface area contributed by atoms with Crippen molar-refractivity contribution < 1.29 is 14.3 Å². The molecular formula is C26H31BrN4O3. The van der Waals surface area contributed by atoms with E-state index in [1.807, 2.05) is 30.3 Å². The highest BCUT2D eigenvalue weighted by Crippen LogP contribution is 2.30. The molecule has 0 bridgehead atoms. The van der Waals surface area contributed by atoms with Crippen molar-refractivity contribution in [2.75, 3.05) is 37.4 Å². The molecule has 3 aliphatic rings. The maximum Gasteiger partial charge on any atom is 0.322 e. The average molecular weight is 527 g/mol. The van der Waals surface area contributed by atoms with Crippen molar-refractivity contribution in [2.24, 2.45) is 0 Å². The van der Waals surface area contributed by atoms with Crippen molar-refractivity contribution in [2.45, 2.75) is 50.3 Å². The number of halogens is 1. The number of fused-ring (bicyclic) bond motifs is 1. The van der Waals surface area contributed by atoms with Crippen LogP contribution in [-0.2, 0) is 22.4 Å². The molecule has 8 heteroatoms. The Hall–Kier alpha value is -2.42. The van der Waals surface area contributed by atoms with Gasteiger partial charge in [0.15, 0.2) is 0 Å². The largest absolute Gasteiger partial charge is 0.380 e. The molecule has 2 aliphatic heterocycles. The van der Waals surface area contributed by atoms with Crippen LogP contribution in [0.3, 0.4) is 0 Å². The van der Waals surface area contributed by atoms with Crippen molar-refractivity contribution in [1.82, 2.24) is 9.80 Å². The van der Waals surface area contributed by atoms with Crippen molar-refractivity contribution in [3.63, 3.8) is 0 Å². The monoisotopic (exact) mass is 526 g/mol. The average Bonchev–Trinajstić information content (AvgIpc) is 3.61. The third-order valence-corrected chi connectivity index (χ3v) is 7.66. The summed E-state index contributed by atoms with van der Waals surface area (Å²) in [4.78, 5) is 30.5. The normalized spacial score (nSPS) is 22.7. The molecule has 34 heavy (non-hydrogen) atoms. The molecule has 1 saturated heterocycles. The van der Waals surface area contributed by atoms with Crippen LogP contribution in [0, 0.1) is 0 Å². The third kappa shape index (κ3) is 5.29. The lowest BCUT2D eigenvalue weighted by molar-refractivity contribution is -0.119. The summed E-state index contributed by atoms with van der Waals surface area (Å²) >= 11 is 3.40. The first-order chi connectivity index (χ1) is 16.5. The van der Waals surface area contributed by atoms with E-state index in [1.165, 1.54) is 24.0 Å². The Kier molecular flexibility index (Phi) is 6.90. The lowest BCUT2D eigenvalue weighted by Crippen LogP contribution is -2.45. The third-order valence-electron chi connectivity index (χ3n) is 7.13. The standard InChI is InChI=1S/C26H31BrN4O3/c1-34-23-15-24(31(16-23)26(33)29-20-6-3-19(27)4-7-20)25(32)28-21-5-2-17-10-12-30(22-8-9-22)13-11-18(17)14-21/h2-7,14,22-24H,8-13,15-16H2,1H3,(H,28,32)(H,29,33)/t23-,24-/m1/s1. The summed E-state index contributed by atoms with van der Waals surface area (Å²) in [6, 6.07) is 13.5. The number of rotatable bonds is 5. The number of ether oxygens (including phenoxy) is 1. The fourth-order valence-corrected chi connectivity index (χ4v) is 5.28. The van der Waals surface area contributed by atoms with Crippen LogP contribution in [0.15, 0.2) is 46.9 Å². The van der Waals surface area contributed by atoms with E-state index in [1.54, 1.807) is 12.0 Å². The first-order valence-corrected chi connectivity index (χ1v) is 12.8. The molecule has 2 aromatic carbocycles. The van der Waals surface area contributed by atoms with Crippen LogP contribution in [0.25, 0.3) is 0 Å². The van der Waals surface area contributed by atoms with E-state index >= 15 is 0 Å². The molecule has 1 saturated carbocycles. The van der Waals surface area contributed by atoms with Crippen molar-refractivity contribution in [3.8, 4) is 0 Å². The van der Waals surface area contributed by atoms with Gasteiger partial charge in [0, 0.05) is 55.1 Å². The number of likely N-dealkylation sites (tertiary alicyclic amines) is 1. The molecule has 0 aromatic heterocycles. The van der Waals surface area contributed by atoms with Gasteiger partial charge in [0.2, 0.25) is 5.91 Å². The number of nitrogens with zero attached hydrogens (tertiary/aromatic N) is 2. The van der Waals surface area contributed by atoms with Gasteiger partial charge in [-0.15, -0.1) is 0 Å². The van der Waals surface area contributed by atoms with Crippen LogP contribution < -0.4 is 10.6 Å². The number of amides is 3. The zero-order chi connectivity index (χ0) is 23.7. The van der Waals surface area contributed by atoms with Gasteiger partial charge in [-0.1, -0.05) is 22.0 Å². The SMILES string of the molecule is CO[C@@H]1C[C@H](C(=O)Nc2ccc3c(c2)CCN(C2CC2)CC3)N(C(=O)Nc2ccc(Br)cc2)C1. The number of hydrogen-bond donors (Lipinski definition) is 2. The fourth-order valence-electron chi connectivity index (χ4n) is 5.02. The first kappa shape index (κ1) is 23.3. The molecule has 5 rings (SSSR count). The van der Waals surface area contributed by atoms with Crippen molar-refractivity contribution in [3.05, 3.63) is 58.1 Å². The topological polar surface area (TPSA) is 73.9 Å². The van der Waals surface area contributed by atoms with Gasteiger partial charge in [0.25, 0.3) is 0 Å². The second-order valence-corrected chi connectivity index (χ2v) is 10.4. The number of urea groups is 1. The van der Waals surface area contributed by atoms with Crippen molar-refractivity contribution in [1.29, 1.82) is 0 Å². The van der Waals surface area contributed by atoms with Gasteiger partial charge in [-0.25, -0.2) is 4.79 Å². The summed E-state index contributed by atoms with van der Waals surface area (Å²) in [6.07, 6.45) is 5.01. The van der Waals surface area contributed by atoms with Crippen LogP contribution in [0.1, 0.15) is 30.4 Å². The predicted molar refractivity (Wildman–Crippen MR) is 136 cm³/mol. The maximum atomic E-state index is 13.3. The summed E-state index contributed by atoms with van der Waals surface area (Å²) in [7, 11) is 1.62. The molecule has 2 atom stereocenters. The van der Waals surface area contributed by atoms with E-state index in [0.717, 1.165) is 42.1 Å². The number of benzene rings is 2. The van der Waals surface area contributed by atoms with Gasteiger partial charge in [-0.05, 0) is 73.2 Å². The van der Waals surface area contributed by atoms with E-state index < -0.39 is 6.04 Å². The Labute approximate surface area is 209 Å². The predicted octanol–water partition coefficient (Wildman–Crippen LogP) is 4.27. The molecule has 0 spiro atoms. The maximum absolute atomic E-state index is 13.3. The highest BCUT2D eigenvalue weighted by atomic mass is 79.9. The molecule has 2 heterocycles. The molecule has 7 nitrogen and oxygen atoms in total. The Bertz CT molecular complexity index is 1060. The van der Waals surface area contributed by atoms with Crippen LogP contribution in [0.5, 0.6) is 0 Å². The highest BCUT2D eigenvalue weighted by Gasteiger charge is 2.40. The summed E-state index contributed by atoms with van der Waals surface area (Å²) in [5, 5.41) is 5.96. The zero-order valence-electron chi connectivity index (χ0n) is 19.4. The molecule has 0 unspecified atom stereocenters. The number of nitrogens with one attached hydrogen (secondary N) is 2. The quantitative estimate of drug-likeness (QED) is 0.609.